The fraction of sp³-hybridized carbons (Fsp3) is 0.211. The van der Waals surface area contributed by atoms with Crippen LogP contribution in [0.5, 0.6) is 5.75 Å². The highest BCUT2D eigenvalue weighted by molar-refractivity contribution is 6.37. The van der Waals surface area contributed by atoms with Gasteiger partial charge in [0.25, 0.3) is 11.8 Å². The van der Waals surface area contributed by atoms with Gasteiger partial charge in [0.2, 0.25) is 0 Å². The summed E-state index contributed by atoms with van der Waals surface area (Å²) in [5, 5.41) is 1.12. The highest BCUT2D eigenvalue weighted by atomic mass is 35.5. The van der Waals surface area contributed by atoms with Gasteiger partial charge in [-0.1, -0.05) is 57.5 Å². The monoisotopic (exact) mass is 491 g/mol. The van der Waals surface area contributed by atoms with Gasteiger partial charge in [0.15, 0.2) is 6.10 Å². The number of benzene rings is 2. The van der Waals surface area contributed by atoms with Crippen LogP contribution >= 0.6 is 46.4 Å². The first-order valence-corrected chi connectivity index (χ1v) is 9.94. The topological polar surface area (TPSA) is 82.1 Å². The van der Waals surface area contributed by atoms with Crippen molar-refractivity contribution < 1.29 is 28.7 Å². The molecule has 2 aromatic carbocycles. The number of halogens is 4. The normalized spacial score (nSPS) is 14.6. The number of methoxy groups -OCH3 is 1. The molecular weight excluding hydrogens is 480 g/mol. The van der Waals surface area contributed by atoms with Crippen molar-refractivity contribution in [3.8, 4) is 5.75 Å². The molecule has 0 bridgehead atoms. The molecule has 1 heterocycles. The number of carbonyl (C=O) groups is 3. The number of carbonyl (C=O) groups excluding carboxylic acids is 3. The van der Waals surface area contributed by atoms with Gasteiger partial charge in [0.05, 0.1) is 17.2 Å². The standard InChI is InChI=1S/C19H13Cl4NO6/c1-28-10-7-13(22)17(14(23)8-10)18(11-3-2-9(20)6-12(11)21)29-19(27)30-24-15(25)4-5-16(24)26/h2-3,6-8,18H,4-5H2,1H3/t18-/m1/s1. The van der Waals surface area contributed by atoms with Crippen LogP contribution in [0.4, 0.5) is 4.79 Å². The van der Waals surface area contributed by atoms with Crippen molar-refractivity contribution in [1.82, 2.24) is 5.06 Å². The summed E-state index contributed by atoms with van der Waals surface area (Å²) in [5.74, 6) is -0.928. The van der Waals surface area contributed by atoms with E-state index in [1.165, 1.54) is 37.4 Å². The maximum Gasteiger partial charge on any atom is 0.534 e. The fourth-order valence-corrected chi connectivity index (χ4v) is 3.94. The number of amides is 2. The lowest BCUT2D eigenvalue weighted by molar-refractivity contribution is -0.178. The Kier molecular flexibility index (Phi) is 6.98. The lowest BCUT2D eigenvalue weighted by Crippen LogP contribution is -2.33. The van der Waals surface area contributed by atoms with E-state index in [0.29, 0.717) is 21.4 Å². The zero-order chi connectivity index (χ0) is 22.0. The first-order chi connectivity index (χ1) is 14.2. The molecule has 1 atom stereocenters. The van der Waals surface area contributed by atoms with Crippen LogP contribution in [0.2, 0.25) is 20.1 Å². The summed E-state index contributed by atoms with van der Waals surface area (Å²) in [6.07, 6.45) is -2.68. The van der Waals surface area contributed by atoms with Crippen molar-refractivity contribution in [2.24, 2.45) is 0 Å². The maximum atomic E-state index is 12.4. The van der Waals surface area contributed by atoms with Gasteiger partial charge >= 0.3 is 6.16 Å². The fourth-order valence-electron chi connectivity index (χ4n) is 2.77. The van der Waals surface area contributed by atoms with E-state index in [-0.39, 0.29) is 33.5 Å². The number of hydroxylamine groups is 2. The van der Waals surface area contributed by atoms with Crippen LogP contribution < -0.4 is 4.74 Å². The van der Waals surface area contributed by atoms with Crippen molar-refractivity contribution >= 4 is 64.4 Å². The Bertz CT molecular complexity index is 989. The lowest BCUT2D eigenvalue weighted by Gasteiger charge is -2.23. The largest absolute Gasteiger partial charge is 0.534 e. The summed E-state index contributed by atoms with van der Waals surface area (Å²) in [4.78, 5) is 40.6. The van der Waals surface area contributed by atoms with Gasteiger partial charge in [-0.05, 0) is 24.3 Å². The molecule has 1 aliphatic rings. The van der Waals surface area contributed by atoms with Crippen molar-refractivity contribution in [2.75, 3.05) is 7.11 Å². The predicted octanol–water partition coefficient (Wildman–Crippen LogP) is 5.62. The molecule has 1 aliphatic heterocycles. The Hall–Kier alpha value is -2.19. The van der Waals surface area contributed by atoms with Crippen LogP contribution in [0.15, 0.2) is 30.3 Å². The first-order valence-electron chi connectivity index (χ1n) is 8.43. The SMILES string of the molecule is COc1cc(Cl)c([C@H](OC(=O)ON2C(=O)CCC2=O)c2ccc(Cl)cc2Cl)c(Cl)c1. The molecule has 2 aromatic rings. The minimum Gasteiger partial charge on any atom is -0.497 e. The molecule has 0 unspecified atom stereocenters. The molecule has 158 valence electrons. The van der Waals surface area contributed by atoms with E-state index in [2.05, 4.69) is 0 Å². The molecule has 2 amide bonds. The summed E-state index contributed by atoms with van der Waals surface area (Å²) in [6.45, 7) is 0. The molecule has 11 heteroatoms. The minimum absolute atomic E-state index is 0.0608. The minimum atomic E-state index is -1.32. The van der Waals surface area contributed by atoms with Crippen molar-refractivity contribution in [1.29, 1.82) is 0 Å². The Morgan fingerprint density at radius 2 is 1.57 bits per heavy atom. The van der Waals surface area contributed by atoms with Gasteiger partial charge in [-0.2, -0.15) is 0 Å². The molecule has 1 fully saturated rings. The van der Waals surface area contributed by atoms with E-state index in [9.17, 15) is 14.4 Å². The molecule has 0 N–H and O–H groups in total. The number of ether oxygens (including phenoxy) is 2. The van der Waals surface area contributed by atoms with E-state index in [0.717, 1.165) is 0 Å². The third-order valence-corrected chi connectivity index (χ3v) is 5.37. The number of rotatable bonds is 5. The quantitative estimate of drug-likeness (QED) is 0.398. The Morgan fingerprint density at radius 1 is 0.967 bits per heavy atom. The summed E-state index contributed by atoms with van der Waals surface area (Å²) < 4.78 is 10.5. The molecule has 1 saturated heterocycles. The zero-order valence-corrected chi connectivity index (χ0v) is 18.3. The third-order valence-electron chi connectivity index (χ3n) is 4.18. The summed E-state index contributed by atoms with van der Waals surface area (Å²) in [5.41, 5.74) is 0.491. The first kappa shape index (κ1) is 22.5. The van der Waals surface area contributed by atoms with E-state index in [1.807, 2.05) is 0 Å². The van der Waals surface area contributed by atoms with E-state index < -0.39 is 24.1 Å². The third kappa shape index (κ3) is 4.75. The smallest absolute Gasteiger partial charge is 0.497 e. The molecular formula is C19H13Cl4NO6. The Labute approximate surface area is 191 Å². The van der Waals surface area contributed by atoms with Crippen LogP contribution in [0.1, 0.15) is 30.1 Å². The number of hydrogen-bond acceptors (Lipinski definition) is 6. The van der Waals surface area contributed by atoms with E-state index in [1.54, 1.807) is 0 Å². The van der Waals surface area contributed by atoms with Crippen molar-refractivity contribution in [3.05, 3.63) is 61.5 Å². The van der Waals surface area contributed by atoms with E-state index >= 15 is 0 Å². The molecule has 0 saturated carbocycles. The second-order valence-electron chi connectivity index (χ2n) is 6.09. The summed E-state index contributed by atoms with van der Waals surface area (Å²) in [6, 6.07) is 7.44. The number of imide groups is 1. The van der Waals surface area contributed by atoms with E-state index in [4.69, 9.17) is 60.7 Å². The zero-order valence-electron chi connectivity index (χ0n) is 15.3. The second kappa shape index (κ2) is 9.31. The molecule has 30 heavy (non-hydrogen) atoms. The van der Waals surface area contributed by atoms with Crippen LogP contribution in [-0.4, -0.2) is 30.1 Å². The number of hydrogen-bond donors (Lipinski definition) is 0. The number of nitrogens with zero attached hydrogens (tertiary/aromatic N) is 1. The molecule has 0 aliphatic carbocycles. The van der Waals surface area contributed by atoms with Gasteiger partial charge in [0.1, 0.15) is 5.75 Å². The van der Waals surface area contributed by atoms with Gasteiger partial charge in [-0.3, -0.25) is 14.4 Å². The highest BCUT2D eigenvalue weighted by Crippen LogP contribution is 2.42. The van der Waals surface area contributed by atoms with Gasteiger partial charge in [-0.25, -0.2) is 4.79 Å². The summed E-state index contributed by atoms with van der Waals surface area (Å²) in [7, 11) is 1.44. The van der Waals surface area contributed by atoms with Crippen molar-refractivity contribution in [2.45, 2.75) is 18.9 Å². The van der Waals surface area contributed by atoms with Gasteiger partial charge in [0, 0.05) is 34.0 Å². The molecule has 0 radical (unpaired) electrons. The average molecular weight is 493 g/mol. The molecule has 0 spiro atoms. The van der Waals surface area contributed by atoms with Gasteiger partial charge in [-0.15, -0.1) is 0 Å². The molecule has 0 aromatic heterocycles. The predicted molar refractivity (Wildman–Crippen MR) is 110 cm³/mol. The Morgan fingerprint density at radius 3 is 2.10 bits per heavy atom. The Balaban J connectivity index is 1.99. The average Bonchev–Trinajstić information content (AvgIpc) is 2.98. The van der Waals surface area contributed by atoms with Crippen LogP contribution in [0.3, 0.4) is 0 Å². The van der Waals surface area contributed by atoms with Gasteiger partial charge < -0.3 is 9.47 Å². The molecule has 7 nitrogen and oxygen atoms in total. The van der Waals surface area contributed by atoms with Crippen molar-refractivity contribution in [3.63, 3.8) is 0 Å². The molecule has 3 rings (SSSR count). The lowest BCUT2D eigenvalue weighted by atomic mass is 10.0. The van der Waals surface area contributed by atoms with Crippen LogP contribution in [0.25, 0.3) is 0 Å². The highest BCUT2D eigenvalue weighted by Gasteiger charge is 2.35. The summed E-state index contributed by atoms with van der Waals surface area (Å²) >= 11 is 25.0. The maximum absolute atomic E-state index is 12.4. The van der Waals surface area contributed by atoms with Crippen LogP contribution in [0, 0.1) is 0 Å². The second-order valence-corrected chi connectivity index (χ2v) is 7.75. The van der Waals surface area contributed by atoms with Crippen LogP contribution in [-0.2, 0) is 19.2 Å².